The first kappa shape index (κ1) is 24.1. The van der Waals surface area contributed by atoms with Crippen LogP contribution in [0.15, 0.2) is 11.1 Å². The molecule has 1 amide bonds. The van der Waals surface area contributed by atoms with Gasteiger partial charge in [-0.25, -0.2) is 9.79 Å². The van der Waals surface area contributed by atoms with Gasteiger partial charge in [0.05, 0.1) is 35.4 Å². The standard InChI is InChI=1S/C20H24Cl2N6O4/c1-23-27-20(28-6-4-12(29)10-28)25-9-15(19(31)32-2)26-18(30)16-14(21)7-11-8-24-5-3-13(11)17(16)22/h7,12,15,24,29H,3-6,8-10H2,2H3,(H,25,27)(H,26,30)/t12-,15-/m0/s1. The highest BCUT2D eigenvalue weighted by atomic mass is 35.5. The number of amides is 1. The number of nitrogens with one attached hydrogen (secondary N) is 3. The number of methoxy groups -OCH3 is 1. The van der Waals surface area contributed by atoms with E-state index in [1.54, 1.807) is 11.0 Å². The van der Waals surface area contributed by atoms with Crippen molar-refractivity contribution in [2.45, 2.75) is 31.5 Å². The fourth-order valence-electron chi connectivity index (χ4n) is 3.70. The molecule has 10 nitrogen and oxygen atoms in total. The van der Waals surface area contributed by atoms with Crippen molar-refractivity contribution in [3.05, 3.63) is 44.3 Å². The minimum absolute atomic E-state index is 0.0917. The monoisotopic (exact) mass is 482 g/mol. The van der Waals surface area contributed by atoms with Gasteiger partial charge in [0.1, 0.15) is 6.04 Å². The molecule has 0 aliphatic carbocycles. The van der Waals surface area contributed by atoms with Crippen LogP contribution in [0, 0.1) is 6.57 Å². The first-order valence-electron chi connectivity index (χ1n) is 10.0. The summed E-state index contributed by atoms with van der Waals surface area (Å²) in [5.41, 5.74) is 4.31. The zero-order valence-electron chi connectivity index (χ0n) is 17.5. The molecule has 2 heterocycles. The summed E-state index contributed by atoms with van der Waals surface area (Å²) < 4.78 is 4.80. The topological polar surface area (TPSA) is 120 Å². The lowest BCUT2D eigenvalue weighted by Gasteiger charge is -2.22. The van der Waals surface area contributed by atoms with E-state index in [2.05, 4.69) is 26.0 Å². The Hall–Kier alpha value is -2.58. The number of aliphatic hydroxyl groups excluding tert-OH is 1. The zero-order valence-corrected chi connectivity index (χ0v) is 19.0. The molecule has 1 saturated heterocycles. The van der Waals surface area contributed by atoms with Crippen molar-refractivity contribution in [3.8, 4) is 0 Å². The summed E-state index contributed by atoms with van der Waals surface area (Å²) in [4.78, 5) is 34.4. The number of benzene rings is 1. The molecule has 0 unspecified atom stereocenters. The van der Waals surface area contributed by atoms with Gasteiger partial charge in [0.2, 0.25) is 0 Å². The molecule has 1 aromatic rings. The Morgan fingerprint density at radius 2 is 2.28 bits per heavy atom. The number of carbonyl (C=O) groups excluding carboxylic acids is 2. The van der Waals surface area contributed by atoms with Crippen molar-refractivity contribution < 1.29 is 19.4 Å². The van der Waals surface area contributed by atoms with Crippen LogP contribution in [0.3, 0.4) is 0 Å². The lowest BCUT2D eigenvalue weighted by molar-refractivity contribution is -0.142. The van der Waals surface area contributed by atoms with Crippen molar-refractivity contribution in [3.63, 3.8) is 0 Å². The summed E-state index contributed by atoms with van der Waals surface area (Å²) >= 11 is 12.8. The number of rotatable bonds is 5. The number of fused-ring (bicyclic) bond motifs is 1. The van der Waals surface area contributed by atoms with Gasteiger partial charge >= 0.3 is 5.97 Å². The van der Waals surface area contributed by atoms with E-state index in [9.17, 15) is 14.7 Å². The molecule has 2 atom stereocenters. The molecule has 1 fully saturated rings. The van der Waals surface area contributed by atoms with Gasteiger partial charge in [-0.2, -0.15) is 11.5 Å². The second kappa shape index (κ2) is 10.8. The molecule has 0 bridgehead atoms. The largest absolute Gasteiger partial charge is 0.467 e. The Balaban J connectivity index is 1.81. The number of nitrogens with zero attached hydrogens (tertiary/aromatic N) is 3. The molecular formula is C20H24Cl2N6O4. The Kier molecular flexibility index (Phi) is 8.15. The van der Waals surface area contributed by atoms with E-state index >= 15 is 0 Å². The highest BCUT2D eigenvalue weighted by Crippen LogP contribution is 2.33. The number of esters is 1. The number of carbonyl (C=O) groups is 2. The van der Waals surface area contributed by atoms with Crippen molar-refractivity contribution in [1.82, 2.24) is 21.0 Å². The maximum Gasteiger partial charge on any atom is 0.330 e. The van der Waals surface area contributed by atoms with Crippen molar-refractivity contribution in [1.29, 1.82) is 0 Å². The average molecular weight is 483 g/mol. The number of hydrogen-bond donors (Lipinski definition) is 4. The molecule has 3 rings (SSSR count). The molecule has 12 heteroatoms. The number of halogens is 2. The van der Waals surface area contributed by atoms with Crippen LogP contribution in [0.1, 0.15) is 27.9 Å². The van der Waals surface area contributed by atoms with Gasteiger partial charge in [-0.15, -0.1) is 0 Å². The average Bonchev–Trinajstić information content (AvgIpc) is 3.21. The minimum Gasteiger partial charge on any atom is -0.467 e. The zero-order chi connectivity index (χ0) is 23.3. The summed E-state index contributed by atoms with van der Waals surface area (Å²) in [5, 5.41) is 16.0. The number of ether oxygens (including phenoxy) is 1. The van der Waals surface area contributed by atoms with Crippen LogP contribution in [0.4, 0.5) is 0 Å². The molecule has 4 N–H and O–H groups in total. The predicted molar refractivity (Wildman–Crippen MR) is 119 cm³/mol. The summed E-state index contributed by atoms with van der Waals surface area (Å²) in [6.45, 7) is 9.02. The molecule has 1 aromatic carbocycles. The predicted octanol–water partition coefficient (Wildman–Crippen LogP) is 0.757. The lowest BCUT2D eigenvalue weighted by atomic mass is 9.97. The Morgan fingerprint density at radius 1 is 1.50 bits per heavy atom. The highest BCUT2D eigenvalue weighted by Gasteiger charge is 2.29. The third-order valence-corrected chi connectivity index (χ3v) is 6.05. The van der Waals surface area contributed by atoms with Gasteiger partial charge in [-0.1, -0.05) is 28.6 Å². The quantitative estimate of drug-likeness (QED) is 0.161. The van der Waals surface area contributed by atoms with E-state index in [0.717, 1.165) is 17.7 Å². The summed E-state index contributed by atoms with van der Waals surface area (Å²) in [5.74, 6) is -1.12. The lowest BCUT2D eigenvalue weighted by Crippen LogP contribution is -2.45. The third-order valence-electron chi connectivity index (χ3n) is 5.34. The molecule has 2 aliphatic heterocycles. The van der Waals surface area contributed by atoms with Gasteiger partial charge in [0.15, 0.2) is 0 Å². The van der Waals surface area contributed by atoms with Crippen LogP contribution < -0.4 is 16.1 Å². The number of aliphatic imine (C=N–C) groups is 1. The van der Waals surface area contributed by atoms with Crippen molar-refractivity contribution in [2.75, 3.05) is 33.3 Å². The van der Waals surface area contributed by atoms with Crippen LogP contribution in [0.5, 0.6) is 0 Å². The molecule has 0 spiro atoms. The van der Waals surface area contributed by atoms with E-state index in [4.69, 9.17) is 34.5 Å². The third kappa shape index (κ3) is 5.42. The Morgan fingerprint density at radius 3 is 2.94 bits per heavy atom. The SMILES string of the molecule is [C-]#[N+]NC(=NC[C@H](NC(=O)c1c(Cl)cc2c(c1Cl)CCNC2)C(=O)OC)N1CC[C@H](O)C1. The normalized spacial score (nSPS) is 19.0. The van der Waals surface area contributed by atoms with E-state index in [1.165, 1.54) is 7.11 Å². The van der Waals surface area contributed by atoms with E-state index < -0.39 is 24.0 Å². The maximum atomic E-state index is 13.0. The van der Waals surface area contributed by atoms with Gasteiger partial charge in [0.25, 0.3) is 11.9 Å². The molecular weight excluding hydrogens is 459 g/mol. The second-order valence-corrected chi connectivity index (χ2v) is 8.22. The second-order valence-electron chi connectivity index (χ2n) is 7.44. The highest BCUT2D eigenvalue weighted by molar-refractivity contribution is 6.40. The van der Waals surface area contributed by atoms with E-state index in [-0.39, 0.29) is 28.1 Å². The smallest absolute Gasteiger partial charge is 0.330 e. The Labute approximate surface area is 195 Å². The first-order chi connectivity index (χ1) is 15.3. The number of likely N-dealkylation sites (tertiary alicyclic amines) is 1. The van der Waals surface area contributed by atoms with Gasteiger partial charge in [0, 0.05) is 19.6 Å². The van der Waals surface area contributed by atoms with Crippen LogP contribution in [-0.4, -0.2) is 73.3 Å². The van der Waals surface area contributed by atoms with Gasteiger partial charge < -0.3 is 25.4 Å². The van der Waals surface area contributed by atoms with Crippen LogP contribution >= 0.6 is 23.2 Å². The fraction of sp³-hybridized carbons (Fsp3) is 0.500. The molecule has 0 aromatic heterocycles. The molecule has 0 saturated carbocycles. The molecule has 32 heavy (non-hydrogen) atoms. The number of β-amino-alcohol motifs (C(OH)–C–C–N with tert-alkyl or cyclic N) is 1. The summed E-state index contributed by atoms with van der Waals surface area (Å²) in [7, 11) is 1.20. The van der Waals surface area contributed by atoms with Gasteiger partial charge in [-0.3, -0.25) is 4.79 Å². The van der Waals surface area contributed by atoms with E-state index in [1.807, 2.05) is 0 Å². The van der Waals surface area contributed by atoms with E-state index in [0.29, 0.717) is 32.5 Å². The number of guanidine groups is 1. The maximum absolute atomic E-state index is 13.0. The number of aliphatic hydroxyl groups is 1. The van der Waals surface area contributed by atoms with Gasteiger partial charge in [-0.05, 0) is 36.6 Å². The first-order valence-corrected chi connectivity index (χ1v) is 10.8. The molecule has 2 aliphatic rings. The van der Waals surface area contributed by atoms with Crippen molar-refractivity contribution >= 4 is 41.0 Å². The Bertz CT molecular complexity index is 964. The molecule has 0 radical (unpaired) electrons. The summed E-state index contributed by atoms with van der Waals surface area (Å²) in [6, 6.07) is 0.568. The number of hydrogen-bond acceptors (Lipinski definition) is 6. The fourth-order valence-corrected chi connectivity index (χ4v) is 4.47. The summed E-state index contributed by atoms with van der Waals surface area (Å²) in [6.07, 6.45) is 0.678. The minimum atomic E-state index is -1.13. The molecule has 172 valence electrons. The van der Waals surface area contributed by atoms with Crippen LogP contribution in [-0.2, 0) is 22.5 Å². The van der Waals surface area contributed by atoms with Crippen LogP contribution in [0.25, 0.3) is 4.95 Å². The van der Waals surface area contributed by atoms with Crippen LogP contribution in [0.2, 0.25) is 10.0 Å². The van der Waals surface area contributed by atoms with Crippen molar-refractivity contribution in [2.24, 2.45) is 4.99 Å².